The van der Waals surface area contributed by atoms with E-state index < -0.39 is 11.7 Å². The van der Waals surface area contributed by atoms with E-state index in [0.717, 1.165) is 18.9 Å². The molecule has 110 valence electrons. The number of ether oxygens (including phenoxy) is 1. The van der Waals surface area contributed by atoms with Crippen molar-refractivity contribution in [3.05, 3.63) is 40.2 Å². The van der Waals surface area contributed by atoms with Crippen LogP contribution in [0.4, 0.5) is 4.39 Å². The third-order valence-electron chi connectivity index (χ3n) is 3.17. The van der Waals surface area contributed by atoms with E-state index in [1.54, 1.807) is 6.07 Å². The highest BCUT2D eigenvalue weighted by molar-refractivity contribution is 6.32. The standard InChI is InChI=1S/C15H14ClFN2O2/c16-13-4-1-5-14(17)12(13)7-10(8-18)15(20)19-9-11-3-2-6-21-11/h1,4-5,7,11H,2-3,6,9H2,(H,19,20)/b10-7+. The fraction of sp³-hybridized carbons (Fsp3) is 0.333. The lowest BCUT2D eigenvalue weighted by Gasteiger charge is -2.10. The Labute approximate surface area is 127 Å². The molecule has 1 atom stereocenters. The molecule has 1 saturated heterocycles. The van der Waals surface area contributed by atoms with Crippen LogP contribution in [0.5, 0.6) is 0 Å². The van der Waals surface area contributed by atoms with Gasteiger partial charge in [-0.25, -0.2) is 4.39 Å². The lowest BCUT2D eigenvalue weighted by molar-refractivity contribution is -0.117. The maximum absolute atomic E-state index is 13.7. The molecule has 0 bridgehead atoms. The molecule has 1 fully saturated rings. The highest BCUT2D eigenvalue weighted by Crippen LogP contribution is 2.21. The Morgan fingerprint density at radius 1 is 1.62 bits per heavy atom. The predicted octanol–water partition coefficient (Wildman–Crippen LogP) is 2.68. The Bertz CT molecular complexity index is 584. The van der Waals surface area contributed by atoms with Crippen LogP contribution in [0.3, 0.4) is 0 Å². The van der Waals surface area contributed by atoms with Gasteiger partial charge >= 0.3 is 0 Å². The van der Waals surface area contributed by atoms with Crippen molar-refractivity contribution < 1.29 is 13.9 Å². The van der Waals surface area contributed by atoms with Crippen LogP contribution in [0, 0.1) is 17.1 Å². The highest BCUT2D eigenvalue weighted by atomic mass is 35.5. The van der Waals surface area contributed by atoms with E-state index in [0.29, 0.717) is 13.2 Å². The molecule has 1 unspecified atom stereocenters. The number of nitriles is 1. The normalized spacial score (nSPS) is 18.3. The lowest BCUT2D eigenvalue weighted by atomic mass is 10.1. The minimum Gasteiger partial charge on any atom is -0.376 e. The number of benzene rings is 1. The zero-order valence-corrected chi connectivity index (χ0v) is 12.0. The van der Waals surface area contributed by atoms with Gasteiger partial charge < -0.3 is 10.1 Å². The van der Waals surface area contributed by atoms with Gasteiger partial charge in [-0.2, -0.15) is 5.26 Å². The third kappa shape index (κ3) is 4.03. The van der Waals surface area contributed by atoms with Crippen LogP contribution in [0.25, 0.3) is 6.08 Å². The minimum atomic E-state index is -0.581. The number of halogens is 2. The van der Waals surface area contributed by atoms with Crippen molar-refractivity contribution >= 4 is 23.6 Å². The van der Waals surface area contributed by atoms with Crippen LogP contribution in [-0.4, -0.2) is 25.2 Å². The summed E-state index contributed by atoms with van der Waals surface area (Å²) >= 11 is 5.87. The molecule has 0 radical (unpaired) electrons. The summed E-state index contributed by atoms with van der Waals surface area (Å²) in [5.41, 5.74) is -0.164. The fourth-order valence-electron chi connectivity index (χ4n) is 2.05. The first-order valence-electron chi connectivity index (χ1n) is 6.57. The Morgan fingerprint density at radius 2 is 2.43 bits per heavy atom. The Balaban J connectivity index is 2.09. The third-order valence-corrected chi connectivity index (χ3v) is 3.50. The van der Waals surface area contributed by atoms with E-state index in [2.05, 4.69) is 5.32 Å². The molecule has 1 amide bonds. The Kier molecular flexibility index (Phi) is 5.32. The van der Waals surface area contributed by atoms with E-state index >= 15 is 0 Å². The van der Waals surface area contributed by atoms with Gasteiger partial charge in [-0.05, 0) is 31.1 Å². The summed E-state index contributed by atoms with van der Waals surface area (Å²) in [4.78, 5) is 11.9. The van der Waals surface area contributed by atoms with Gasteiger partial charge in [-0.1, -0.05) is 17.7 Å². The van der Waals surface area contributed by atoms with Gasteiger partial charge in [0, 0.05) is 18.7 Å². The van der Waals surface area contributed by atoms with E-state index in [-0.39, 0.29) is 22.3 Å². The Hall–Kier alpha value is -1.90. The zero-order chi connectivity index (χ0) is 15.2. The maximum Gasteiger partial charge on any atom is 0.262 e. The van der Waals surface area contributed by atoms with Crippen molar-refractivity contribution in [2.75, 3.05) is 13.2 Å². The molecule has 1 aliphatic rings. The number of hydrogen-bond donors (Lipinski definition) is 1. The molecule has 4 nitrogen and oxygen atoms in total. The molecule has 6 heteroatoms. The summed E-state index contributed by atoms with van der Waals surface area (Å²) in [7, 11) is 0. The molecular formula is C15H14ClFN2O2. The fourth-order valence-corrected chi connectivity index (χ4v) is 2.27. The second kappa shape index (κ2) is 7.21. The molecule has 0 spiro atoms. The molecule has 1 aromatic rings. The van der Waals surface area contributed by atoms with E-state index in [4.69, 9.17) is 21.6 Å². The lowest BCUT2D eigenvalue weighted by Crippen LogP contribution is -2.32. The van der Waals surface area contributed by atoms with Gasteiger partial charge in [-0.3, -0.25) is 4.79 Å². The van der Waals surface area contributed by atoms with Crippen molar-refractivity contribution in [3.63, 3.8) is 0 Å². The summed E-state index contributed by atoms with van der Waals surface area (Å²) in [6, 6.07) is 5.93. The van der Waals surface area contributed by atoms with Crippen molar-refractivity contribution in [1.82, 2.24) is 5.32 Å². The number of nitrogens with zero attached hydrogens (tertiary/aromatic N) is 1. The topological polar surface area (TPSA) is 62.1 Å². The summed E-state index contributed by atoms with van der Waals surface area (Å²) in [6.07, 6.45) is 2.98. The second-order valence-electron chi connectivity index (χ2n) is 4.65. The van der Waals surface area contributed by atoms with Gasteiger partial charge in [0.25, 0.3) is 5.91 Å². The van der Waals surface area contributed by atoms with Crippen molar-refractivity contribution in [1.29, 1.82) is 5.26 Å². The largest absolute Gasteiger partial charge is 0.376 e. The molecule has 1 aliphatic heterocycles. The molecule has 0 aromatic heterocycles. The molecule has 1 heterocycles. The van der Waals surface area contributed by atoms with Gasteiger partial charge in [0.05, 0.1) is 11.1 Å². The van der Waals surface area contributed by atoms with Gasteiger partial charge in [0.2, 0.25) is 0 Å². The summed E-state index contributed by atoms with van der Waals surface area (Å²) < 4.78 is 19.0. The molecule has 1 N–H and O–H groups in total. The first kappa shape index (κ1) is 15.5. The smallest absolute Gasteiger partial charge is 0.262 e. The first-order chi connectivity index (χ1) is 10.1. The summed E-state index contributed by atoms with van der Waals surface area (Å²) in [5.74, 6) is -1.14. The average Bonchev–Trinajstić information content (AvgIpc) is 2.98. The number of nitrogens with one attached hydrogen (secondary N) is 1. The number of rotatable bonds is 4. The van der Waals surface area contributed by atoms with Crippen LogP contribution in [-0.2, 0) is 9.53 Å². The number of hydrogen-bond acceptors (Lipinski definition) is 3. The van der Waals surface area contributed by atoms with Gasteiger partial charge in [0.15, 0.2) is 0 Å². The van der Waals surface area contributed by atoms with Gasteiger partial charge in [-0.15, -0.1) is 0 Å². The van der Waals surface area contributed by atoms with Crippen LogP contribution in [0.15, 0.2) is 23.8 Å². The summed E-state index contributed by atoms with van der Waals surface area (Å²) in [5, 5.41) is 11.8. The quantitative estimate of drug-likeness (QED) is 0.687. The van der Waals surface area contributed by atoms with Crippen LogP contribution < -0.4 is 5.32 Å². The Morgan fingerprint density at radius 3 is 3.05 bits per heavy atom. The van der Waals surface area contributed by atoms with Crippen molar-refractivity contribution in [2.45, 2.75) is 18.9 Å². The van der Waals surface area contributed by atoms with E-state index in [9.17, 15) is 9.18 Å². The molecule has 0 aliphatic carbocycles. The van der Waals surface area contributed by atoms with Gasteiger partial charge in [0.1, 0.15) is 17.5 Å². The summed E-state index contributed by atoms with van der Waals surface area (Å²) in [6.45, 7) is 1.02. The monoisotopic (exact) mass is 308 g/mol. The van der Waals surface area contributed by atoms with E-state index in [1.807, 2.05) is 0 Å². The molecule has 21 heavy (non-hydrogen) atoms. The second-order valence-corrected chi connectivity index (χ2v) is 5.06. The number of carbonyl (C=O) groups is 1. The first-order valence-corrected chi connectivity index (χ1v) is 6.95. The van der Waals surface area contributed by atoms with Crippen LogP contribution >= 0.6 is 11.6 Å². The van der Waals surface area contributed by atoms with Crippen molar-refractivity contribution in [3.8, 4) is 6.07 Å². The predicted molar refractivity (Wildman–Crippen MR) is 77.0 cm³/mol. The highest BCUT2D eigenvalue weighted by Gasteiger charge is 2.18. The number of carbonyl (C=O) groups excluding carboxylic acids is 1. The van der Waals surface area contributed by atoms with Crippen LogP contribution in [0.2, 0.25) is 5.02 Å². The van der Waals surface area contributed by atoms with Crippen LogP contribution in [0.1, 0.15) is 18.4 Å². The molecule has 2 rings (SSSR count). The van der Waals surface area contributed by atoms with E-state index in [1.165, 1.54) is 18.2 Å². The zero-order valence-electron chi connectivity index (χ0n) is 11.2. The average molecular weight is 309 g/mol. The minimum absolute atomic E-state index is 0.0223. The van der Waals surface area contributed by atoms with Crippen molar-refractivity contribution in [2.24, 2.45) is 0 Å². The number of amides is 1. The molecule has 0 saturated carbocycles. The molecule has 1 aromatic carbocycles. The SMILES string of the molecule is N#C/C(=C\c1c(F)cccc1Cl)C(=O)NCC1CCCO1. The maximum atomic E-state index is 13.7. The molecular weight excluding hydrogens is 295 g/mol.